The second-order valence-electron chi connectivity index (χ2n) is 4.07. The number of carbonyl (C=O) groups is 1. The molecule has 2 unspecified atom stereocenters. The van der Waals surface area contributed by atoms with Crippen molar-refractivity contribution in [2.24, 2.45) is 0 Å². The predicted octanol–water partition coefficient (Wildman–Crippen LogP) is 1.47. The van der Waals surface area contributed by atoms with Gasteiger partial charge >= 0.3 is 5.97 Å². The third-order valence-corrected chi connectivity index (χ3v) is 3.09. The van der Waals surface area contributed by atoms with Gasteiger partial charge in [-0.2, -0.15) is 0 Å². The summed E-state index contributed by atoms with van der Waals surface area (Å²) >= 11 is 0. The summed E-state index contributed by atoms with van der Waals surface area (Å²) in [6.07, 6.45) is 0.547. The number of carboxylic acid groups (broad SMARTS) is 1. The third kappa shape index (κ3) is 1.63. The summed E-state index contributed by atoms with van der Waals surface area (Å²) in [6, 6.07) is 5.78. The van der Waals surface area contributed by atoms with E-state index >= 15 is 0 Å². The van der Waals surface area contributed by atoms with Crippen LogP contribution in [0.3, 0.4) is 0 Å². The Morgan fingerprint density at radius 1 is 1.47 bits per heavy atom. The molecule has 1 aromatic carbocycles. The molecule has 0 aromatic heterocycles. The molecule has 3 heteroatoms. The highest BCUT2D eigenvalue weighted by Crippen LogP contribution is 2.34. The molecule has 1 aliphatic rings. The molecule has 0 spiro atoms. The van der Waals surface area contributed by atoms with E-state index in [1.54, 1.807) is 0 Å². The fraction of sp³-hybridized carbons (Fsp3) is 0.417. The minimum absolute atomic E-state index is 0.535. The van der Waals surface area contributed by atoms with E-state index in [9.17, 15) is 9.90 Å². The van der Waals surface area contributed by atoms with E-state index in [2.05, 4.69) is 0 Å². The lowest BCUT2D eigenvalue weighted by Crippen LogP contribution is -2.31. The van der Waals surface area contributed by atoms with Crippen LogP contribution in [0.4, 0.5) is 0 Å². The Morgan fingerprint density at radius 2 is 2.20 bits per heavy atom. The Balaban J connectivity index is 2.55. The number of aryl methyl sites for hydroxylation is 2. The third-order valence-electron chi connectivity index (χ3n) is 3.09. The largest absolute Gasteiger partial charge is 0.481 e. The topological polar surface area (TPSA) is 57.5 Å². The van der Waals surface area contributed by atoms with Crippen molar-refractivity contribution in [3.63, 3.8) is 0 Å². The number of hydrogen-bond acceptors (Lipinski definition) is 2. The molecule has 2 atom stereocenters. The molecular weight excluding hydrogens is 192 g/mol. The van der Waals surface area contributed by atoms with Crippen molar-refractivity contribution in [1.29, 1.82) is 0 Å². The van der Waals surface area contributed by atoms with Gasteiger partial charge in [0.05, 0.1) is 6.10 Å². The molecule has 0 bridgehead atoms. The Morgan fingerprint density at radius 3 is 2.87 bits per heavy atom. The summed E-state index contributed by atoms with van der Waals surface area (Å²) in [7, 11) is 0. The molecule has 15 heavy (non-hydrogen) atoms. The van der Waals surface area contributed by atoms with Gasteiger partial charge in [-0.1, -0.05) is 18.2 Å². The van der Waals surface area contributed by atoms with Crippen molar-refractivity contribution in [3.8, 4) is 0 Å². The number of hydrogen-bond donors (Lipinski definition) is 2. The van der Waals surface area contributed by atoms with E-state index < -0.39 is 18.0 Å². The van der Waals surface area contributed by atoms with Crippen LogP contribution in [0.25, 0.3) is 0 Å². The normalized spacial score (nSPS) is 24.7. The van der Waals surface area contributed by atoms with Gasteiger partial charge in [0.25, 0.3) is 0 Å². The predicted molar refractivity (Wildman–Crippen MR) is 55.9 cm³/mol. The molecule has 0 heterocycles. The first-order valence-electron chi connectivity index (χ1n) is 5.10. The fourth-order valence-electron chi connectivity index (χ4n) is 2.35. The molecule has 0 radical (unpaired) electrons. The van der Waals surface area contributed by atoms with Gasteiger partial charge in [0.2, 0.25) is 0 Å². The molecule has 0 aliphatic heterocycles. The van der Waals surface area contributed by atoms with Gasteiger partial charge in [-0.15, -0.1) is 0 Å². The number of aliphatic hydroxyl groups excluding tert-OH is 1. The van der Waals surface area contributed by atoms with Gasteiger partial charge in [0.15, 0.2) is 0 Å². The zero-order chi connectivity index (χ0) is 11.0. The minimum Gasteiger partial charge on any atom is -0.481 e. The maximum atomic E-state index is 11.1. The highest BCUT2D eigenvalue weighted by Gasteiger charge is 2.34. The van der Waals surface area contributed by atoms with Gasteiger partial charge in [-0.25, -0.2) is 0 Å². The lowest BCUT2D eigenvalue weighted by Gasteiger charge is -2.28. The Bertz CT molecular complexity index is 398. The summed E-state index contributed by atoms with van der Waals surface area (Å²) < 4.78 is 0. The summed E-state index contributed by atoms with van der Waals surface area (Å²) in [5, 5.41) is 18.8. The van der Waals surface area contributed by atoms with Crippen LogP contribution in [0.1, 0.15) is 29.0 Å². The van der Waals surface area contributed by atoms with Crippen LogP contribution in [0.2, 0.25) is 0 Å². The van der Waals surface area contributed by atoms with Crippen LogP contribution in [0, 0.1) is 6.92 Å². The van der Waals surface area contributed by atoms with E-state index in [1.165, 1.54) is 0 Å². The molecule has 0 amide bonds. The van der Waals surface area contributed by atoms with Crippen LogP contribution >= 0.6 is 0 Å². The zero-order valence-electron chi connectivity index (χ0n) is 8.60. The highest BCUT2D eigenvalue weighted by atomic mass is 16.4. The van der Waals surface area contributed by atoms with Gasteiger partial charge in [0, 0.05) is 0 Å². The molecule has 1 aromatic rings. The number of rotatable bonds is 1. The summed E-state index contributed by atoms with van der Waals surface area (Å²) in [6.45, 7) is 1.90. The van der Waals surface area contributed by atoms with E-state index in [1.807, 2.05) is 25.1 Å². The van der Waals surface area contributed by atoms with E-state index in [-0.39, 0.29) is 0 Å². The average molecular weight is 206 g/mol. The summed E-state index contributed by atoms with van der Waals surface area (Å²) in [5.74, 6) is -1.69. The van der Waals surface area contributed by atoms with Crippen molar-refractivity contribution >= 4 is 5.97 Å². The van der Waals surface area contributed by atoms with Crippen molar-refractivity contribution in [1.82, 2.24) is 0 Å². The first-order chi connectivity index (χ1) is 7.11. The molecule has 0 saturated heterocycles. The van der Waals surface area contributed by atoms with Crippen LogP contribution in [0.5, 0.6) is 0 Å². The monoisotopic (exact) mass is 206 g/mol. The van der Waals surface area contributed by atoms with Crippen LogP contribution in [-0.2, 0) is 11.2 Å². The lowest BCUT2D eigenvalue weighted by molar-refractivity contribution is -0.142. The van der Waals surface area contributed by atoms with E-state index in [0.717, 1.165) is 23.1 Å². The van der Waals surface area contributed by atoms with Gasteiger partial charge in [-0.3, -0.25) is 4.79 Å². The van der Waals surface area contributed by atoms with Gasteiger partial charge < -0.3 is 10.2 Å². The number of fused-ring (bicyclic) bond motifs is 1. The quantitative estimate of drug-likeness (QED) is 0.731. The molecular formula is C12H14O3. The Kier molecular flexibility index (Phi) is 2.49. The second-order valence-corrected chi connectivity index (χ2v) is 4.07. The van der Waals surface area contributed by atoms with Crippen LogP contribution in [-0.4, -0.2) is 22.3 Å². The average Bonchev–Trinajstić information content (AvgIpc) is 2.18. The van der Waals surface area contributed by atoms with Gasteiger partial charge in [-0.05, 0) is 36.5 Å². The standard InChI is InChI=1S/C12H14O3/c1-7-3-2-4-8-5-6-9(13)11(10(7)8)12(14)15/h2-4,9,11,13H,5-6H2,1H3,(H,14,15). The molecule has 1 aliphatic carbocycles. The molecule has 0 saturated carbocycles. The SMILES string of the molecule is Cc1cccc2c1C(C(=O)O)C(O)CC2. The molecule has 80 valence electrons. The zero-order valence-corrected chi connectivity index (χ0v) is 8.60. The summed E-state index contributed by atoms with van der Waals surface area (Å²) in [4.78, 5) is 11.1. The fourth-order valence-corrected chi connectivity index (χ4v) is 2.35. The van der Waals surface area contributed by atoms with Crippen molar-refractivity contribution < 1.29 is 15.0 Å². The smallest absolute Gasteiger partial charge is 0.313 e. The minimum atomic E-state index is -0.933. The van der Waals surface area contributed by atoms with E-state index in [4.69, 9.17) is 5.11 Å². The van der Waals surface area contributed by atoms with Crippen molar-refractivity contribution in [2.75, 3.05) is 0 Å². The summed E-state index contributed by atoms with van der Waals surface area (Å²) in [5.41, 5.74) is 2.83. The van der Waals surface area contributed by atoms with Gasteiger partial charge in [0.1, 0.15) is 5.92 Å². The van der Waals surface area contributed by atoms with Crippen LogP contribution in [0.15, 0.2) is 18.2 Å². The first kappa shape index (κ1) is 10.2. The molecule has 2 N–H and O–H groups in total. The number of aliphatic carboxylic acids is 1. The molecule has 2 rings (SSSR count). The maximum absolute atomic E-state index is 11.1. The van der Waals surface area contributed by atoms with Crippen molar-refractivity contribution in [3.05, 3.63) is 34.9 Å². The molecule has 0 fully saturated rings. The van der Waals surface area contributed by atoms with Crippen LogP contribution < -0.4 is 0 Å². The number of aliphatic hydroxyl groups is 1. The second kappa shape index (κ2) is 3.66. The molecule has 3 nitrogen and oxygen atoms in total. The number of carboxylic acids is 1. The number of benzene rings is 1. The lowest BCUT2D eigenvalue weighted by atomic mass is 9.78. The highest BCUT2D eigenvalue weighted by molar-refractivity contribution is 5.78. The first-order valence-corrected chi connectivity index (χ1v) is 5.10. The Labute approximate surface area is 88.4 Å². The van der Waals surface area contributed by atoms with Crippen molar-refractivity contribution in [2.45, 2.75) is 31.8 Å². The maximum Gasteiger partial charge on any atom is 0.313 e. The van der Waals surface area contributed by atoms with E-state index in [0.29, 0.717) is 6.42 Å². The Hall–Kier alpha value is -1.35.